The van der Waals surface area contributed by atoms with Crippen LogP contribution in [0.4, 0.5) is 0 Å². The van der Waals surface area contributed by atoms with E-state index >= 15 is 0 Å². The fourth-order valence-corrected chi connectivity index (χ4v) is 8.52. The molecule has 5 aliphatic rings. The van der Waals surface area contributed by atoms with Crippen molar-refractivity contribution in [1.82, 2.24) is 0 Å². The predicted octanol–water partition coefficient (Wildman–Crippen LogP) is 6.54. The zero-order valence-corrected chi connectivity index (χ0v) is 20.2. The molecule has 0 amide bonds. The quantitative estimate of drug-likeness (QED) is 0.420. The Morgan fingerprint density at radius 3 is 2.50 bits per heavy atom. The van der Waals surface area contributed by atoms with E-state index in [2.05, 4.69) is 59.8 Å². The van der Waals surface area contributed by atoms with Crippen LogP contribution in [0.5, 0.6) is 0 Å². The van der Waals surface area contributed by atoms with E-state index in [1.807, 2.05) is 0 Å². The van der Waals surface area contributed by atoms with E-state index in [-0.39, 0.29) is 23.2 Å². The molecule has 4 aliphatic carbocycles. The Labute approximate surface area is 184 Å². The average Bonchev–Trinajstić information content (AvgIpc) is 3.27. The maximum Gasteiger partial charge on any atom is 0.107 e. The SMILES string of the molecule is CC(C)C(C)C=C[C@@H](C)[C@H]1CC[C@H]2C3=CC4OC45C[C@@H](O)CC[C@]5(C)[C@H]3CC[C@]12C. The van der Waals surface area contributed by atoms with Gasteiger partial charge >= 0.3 is 0 Å². The largest absolute Gasteiger partial charge is 0.393 e. The Morgan fingerprint density at radius 2 is 1.77 bits per heavy atom. The van der Waals surface area contributed by atoms with Gasteiger partial charge in [-0.25, -0.2) is 0 Å². The van der Waals surface area contributed by atoms with Crippen LogP contribution in [0.3, 0.4) is 0 Å². The van der Waals surface area contributed by atoms with E-state index in [4.69, 9.17) is 4.74 Å². The van der Waals surface area contributed by atoms with Crippen LogP contribution >= 0.6 is 0 Å². The molecule has 0 aromatic carbocycles. The molecule has 2 heteroatoms. The summed E-state index contributed by atoms with van der Waals surface area (Å²) in [5, 5.41) is 10.4. The maximum atomic E-state index is 10.4. The zero-order valence-electron chi connectivity index (χ0n) is 20.2. The first kappa shape index (κ1) is 21.3. The fourth-order valence-electron chi connectivity index (χ4n) is 8.52. The summed E-state index contributed by atoms with van der Waals surface area (Å²) in [7, 11) is 0. The molecule has 3 saturated carbocycles. The summed E-state index contributed by atoms with van der Waals surface area (Å²) in [5.74, 6) is 4.26. The van der Waals surface area contributed by atoms with E-state index in [9.17, 15) is 5.11 Å². The third kappa shape index (κ3) is 2.81. The first-order valence-electron chi connectivity index (χ1n) is 12.9. The molecule has 3 unspecified atom stereocenters. The molecule has 168 valence electrons. The van der Waals surface area contributed by atoms with Crippen molar-refractivity contribution in [3.63, 3.8) is 0 Å². The molecule has 1 N–H and O–H groups in total. The van der Waals surface area contributed by atoms with Gasteiger partial charge in [0.1, 0.15) is 11.7 Å². The third-order valence-corrected chi connectivity index (χ3v) is 10.9. The molecule has 1 spiro atoms. The van der Waals surface area contributed by atoms with Gasteiger partial charge in [-0.1, -0.05) is 65.3 Å². The van der Waals surface area contributed by atoms with Crippen molar-refractivity contribution < 1.29 is 9.84 Å². The molecular weight excluding hydrogens is 368 g/mol. The van der Waals surface area contributed by atoms with Crippen LogP contribution in [-0.4, -0.2) is 22.9 Å². The highest BCUT2D eigenvalue weighted by Crippen LogP contribution is 2.72. The molecule has 0 bridgehead atoms. The van der Waals surface area contributed by atoms with Gasteiger partial charge in [0.05, 0.1) is 6.10 Å². The molecule has 0 radical (unpaired) electrons. The second-order valence-electron chi connectivity index (χ2n) is 12.6. The van der Waals surface area contributed by atoms with Gasteiger partial charge in [0.25, 0.3) is 0 Å². The van der Waals surface area contributed by atoms with Gasteiger partial charge in [0.2, 0.25) is 0 Å². The molecule has 0 aromatic rings. The van der Waals surface area contributed by atoms with Gasteiger partial charge in [-0.05, 0) is 79.4 Å². The number of hydrogen-bond donors (Lipinski definition) is 1. The minimum atomic E-state index is -0.163. The summed E-state index contributed by atoms with van der Waals surface area (Å²) < 4.78 is 6.43. The highest BCUT2D eigenvalue weighted by atomic mass is 16.6. The number of allylic oxidation sites excluding steroid dienone is 3. The molecule has 2 nitrogen and oxygen atoms in total. The number of hydrogen-bond acceptors (Lipinski definition) is 2. The lowest BCUT2D eigenvalue weighted by atomic mass is 9.47. The average molecular weight is 413 g/mol. The number of rotatable bonds is 4. The summed E-state index contributed by atoms with van der Waals surface area (Å²) >= 11 is 0. The number of ether oxygens (including phenoxy) is 1. The highest BCUT2D eigenvalue weighted by molar-refractivity contribution is 5.38. The minimum Gasteiger partial charge on any atom is -0.393 e. The Hall–Kier alpha value is -0.600. The molecule has 30 heavy (non-hydrogen) atoms. The van der Waals surface area contributed by atoms with Crippen LogP contribution in [0.25, 0.3) is 0 Å². The van der Waals surface area contributed by atoms with Crippen LogP contribution in [-0.2, 0) is 4.74 Å². The van der Waals surface area contributed by atoms with Crippen LogP contribution < -0.4 is 0 Å². The van der Waals surface area contributed by atoms with E-state index in [0.29, 0.717) is 23.2 Å². The fraction of sp³-hybridized carbons (Fsp3) is 0.857. The number of fused-ring (bicyclic) bond motifs is 4. The van der Waals surface area contributed by atoms with Crippen LogP contribution in [0.2, 0.25) is 0 Å². The van der Waals surface area contributed by atoms with Crippen molar-refractivity contribution in [2.45, 2.75) is 104 Å². The van der Waals surface area contributed by atoms with Gasteiger partial charge < -0.3 is 9.84 Å². The van der Waals surface area contributed by atoms with E-state index in [1.165, 1.54) is 25.7 Å². The van der Waals surface area contributed by atoms with Crippen LogP contribution in [0.15, 0.2) is 23.8 Å². The molecule has 1 heterocycles. The van der Waals surface area contributed by atoms with Crippen molar-refractivity contribution in [3.8, 4) is 0 Å². The summed E-state index contributed by atoms with van der Waals surface area (Å²) in [6.45, 7) is 14.6. The lowest BCUT2D eigenvalue weighted by Crippen LogP contribution is -2.55. The first-order chi connectivity index (χ1) is 14.1. The Kier molecular flexibility index (Phi) is 4.92. The Balaban J connectivity index is 1.40. The predicted molar refractivity (Wildman–Crippen MR) is 123 cm³/mol. The number of aliphatic hydroxyl groups excluding tert-OH is 1. The van der Waals surface area contributed by atoms with Crippen molar-refractivity contribution in [2.75, 3.05) is 0 Å². The summed E-state index contributed by atoms with van der Waals surface area (Å²) in [6, 6.07) is 0. The molecule has 1 saturated heterocycles. The van der Waals surface area contributed by atoms with Gasteiger partial charge in [-0.15, -0.1) is 0 Å². The summed E-state index contributed by atoms with van der Waals surface area (Å²) in [6.07, 6.45) is 16.0. The monoisotopic (exact) mass is 412 g/mol. The normalized spacial score (nSPS) is 51.6. The van der Waals surface area contributed by atoms with E-state index < -0.39 is 0 Å². The third-order valence-electron chi connectivity index (χ3n) is 10.9. The van der Waals surface area contributed by atoms with Gasteiger partial charge in [0, 0.05) is 11.8 Å². The van der Waals surface area contributed by atoms with Crippen molar-refractivity contribution >= 4 is 0 Å². The Bertz CT molecular complexity index is 752. The molecular formula is C28H44O2. The minimum absolute atomic E-state index is 0.0480. The second kappa shape index (κ2) is 6.95. The Morgan fingerprint density at radius 1 is 1.00 bits per heavy atom. The second-order valence-corrected chi connectivity index (χ2v) is 12.6. The number of epoxide rings is 1. The first-order valence-corrected chi connectivity index (χ1v) is 12.9. The van der Waals surface area contributed by atoms with Crippen LogP contribution in [0, 0.1) is 46.3 Å². The van der Waals surface area contributed by atoms with Gasteiger partial charge in [0.15, 0.2) is 0 Å². The zero-order chi connectivity index (χ0) is 21.5. The van der Waals surface area contributed by atoms with Crippen molar-refractivity contribution in [2.24, 2.45) is 46.3 Å². The molecule has 5 rings (SSSR count). The standard InChI is InChI=1S/C28H44O2/c1-17(2)18(3)7-8-19(4)22-9-10-23-21-15-25-28(30-25)16-20(29)11-14-27(28,6)24(21)12-13-26(22,23)5/h7-8,15,17-20,22-25,29H,9-14,16H2,1-6H3/t18?,19-,20+,22-,23+,24+,25?,26-,27-,28?/m1/s1. The summed E-state index contributed by atoms with van der Waals surface area (Å²) in [4.78, 5) is 0. The van der Waals surface area contributed by atoms with Crippen molar-refractivity contribution in [1.29, 1.82) is 0 Å². The number of aliphatic hydroxyl groups is 1. The lowest BCUT2D eigenvalue weighted by molar-refractivity contribution is -0.0527. The lowest BCUT2D eigenvalue weighted by Gasteiger charge is -2.56. The van der Waals surface area contributed by atoms with Crippen LogP contribution in [0.1, 0.15) is 86.5 Å². The molecule has 0 aromatic heterocycles. The highest BCUT2D eigenvalue weighted by Gasteiger charge is 2.73. The molecule has 10 atom stereocenters. The molecule has 4 fully saturated rings. The van der Waals surface area contributed by atoms with E-state index in [1.54, 1.807) is 5.57 Å². The van der Waals surface area contributed by atoms with Gasteiger partial charge in [-0.2, -0.15) is 0 Å². The smallest absolute Gasteiger partial charge is 0.107 e. The topological polar surface area (TPSA) is 32.8 Å². The molecule has 1 aliphatic heterocycles. The van der Waals surface area contributed by atoms with Gasteiger partial charge in [-0.3, -0.25) is 0 Å². The van der Waals surface area contributed by atoms with E-state index in [0.717, 1.165) is 37.0 Å². The maximum absolute atomic E-state index is 10.4. The summed E-state index contributed by atoms with van der Waals surface area (Å²) in [5.41, 5.74) is 2.38. The van der Waals surface area contributed by atoms with Crippen molar-refractivity contribution in [3.05, 3.63) is 23.8 Å².